The monoisotopic (exact) mass is 334 g/mol. The molecular formula is C18H15FN6. The maximum absolute atomic E-state index is 13.3. The standard InChI is InChI=1S/C18H15FN6/c19-11-4-5-14(21-9-11)17-16(15-3-1-2-8-25(15)24-17)12-6-7-20-18-13(12)10-22-23-18/h4-7,9-10H,1-3,8H2,(H,20,22,23). The van der Waals surface area contributed by atoms with Gasteiger partial charge in [-0.1, -0.05) is 0 Å². The maximum Gasteiger partial charge on any atom is 0.155 e. The lowest BCUT2D eigenvalue weighted by Crippen LogP contribution is -2.11. The van der Waals surface area contributed by atoms with Crippen LogP contribution in [0.25, 0.3) is 33.5 Å². The van der Waals surface area contributed by atoms with Gasteiger partial charge < -0.3 is 0 Å². The highest BCUT2D eigenvalue weighted by Crippen LogP contribution is 2.38. The quantitative estimate of drug-likeness (QED) is 0.610. The number of aromatic amines is 1. The van der Waals surface area contributed by atoms with Crippen LogP contribution in [0.5, 0.6) is 0 Å². The van der Waals surface area contributed by atoms with Crippen LogP contribution >= 0.6 is 0 Å². The van der Waals surface area contributed by atoms with Crippen molar-refractivity contribution in [1.82, 2.24) is 29.9 Å². The van der Waals surface area contributed by atoms with E-state index in [2.05, 4.69) is 24.8 Å². The van der Waals surface area contributed by atoms with Crippen LogP contribution in [0, 0.1) is 5.82 Å². The molecule has 5 rings (SSSR count). The molecule has 0 aliphatic carbocycles. The second-order valence-corrected chi connectivity index (χ2v) is 6.20. The van der Waals surface area contributed by atoms with Gasteiger partial charge in [0.2, 0.25) is 0 Å². The van der Waals surface area contributed by atoms with Crippen LogP contribution in [0.2, 0.25) is 0 Å². The third-order valence-corrected chi connectivity index (χ3v) is 4.68. The second kappa shape index (κ2) is 5.47. The number of hydrogen-bond acceptors (Lipinski definition) is 4. The van der Waals surface area contributed by atoms with Crippen molar-refractivity contribution < 1.29 is 4.39 Å². The Morgan fingerprint density at radius 2 is 2.04 bits per heavy atom. The Balaban J connectivity index is 1.81. The Hall–Kier alpha value is -3.09. The van der Waals surface area contributed by atoms with Gasteiger partial charge in [0.1, 0.15) is 11.5 Å². The molecule has 4 aromatic heterocycles. The predicted molar refractivity (Wildman–Crippen MR) is 91.2 cm³/mol. The average Bonchev–Trinajstić information content (AvgIpc) is 3.26. The number of nitrogens with one attached hydrogen (secondary N) is 1. The summed E-state index contributed by atoms with van der Waals surface area (Å²) in [4.78, 5) is 8.58. The van der Waals surface area contributed by atoms with Crippen LogP contribution in [0.3, 0.4) is 0 Å². The lowest BCUT2D eigenvalue weighted by Gasteiger charge is -2.15. The summed E-state index contributed by atoms with van der Waals surface area (Å²) in [7, 11) is 0. The molecule has 6 nitrogen and oxygen atoms in total. The summed E-state index contributed by atoms with van der Waals surface area (Å²) in [6.07, 6.45) is 8.00. The van der Waals surface area contributed by atoms with Crippen LogP contribution in [-0.2, 0) is 13.0 Å². The van der Waals surface area contributed by atoms with Gasteiger partial charge in [0.05, 0.1) is 18.1 Å². The molecule has 5 heterocycles. The van der Waals surface area contributed by atoms with Gasteiger partial charge in [-0.25, -0.2) is 9.37 Å². The first-order valence-electron chi connectivity index (χ1n) is 8.31. The SMILES string of the molecule is Fc1ccc(-c2nn3c(c2-c2ccnc4[nH]ncc24)CCCC3)nc1. The van der Waals surface area contributed by atoms with Gasteiger partial charge in [-0.3, -0.25) is 14.8 Å². The number of nitrogens with zero attached hydrogens (tertiary/aromatic N) is 5. The summed E-state index contributed by atoms with van der Waals surface area (Å²) >= 11 is 0. The number of aromatic nitrogens is 6. The van der Waals surface area contributed by atoms with Gasteiger partial charge in [-0.15, -0.1) is 0 Å². The second-order valence-electron chi connectivity index (χ2n) is 6.20. The van der Waals surface area contributed by atoms with Crippen molar-refractivity contribution in [3.63, 3.8) is 0 Å². The summed E-state index contributed by atoms with van der Waals surface area (Å²) in [5.41, 5.74) is 5.47. The Morgan fingerprint density at radius 1 is 1.08 bits per heavy atom. The fraction of sp³-hybridized carbons (Fsp3) is 0.222. The highest BCUT2D eigenvalue weighted by molar-refractivity contribution is 5.97. The number of halogens is 1. The molecule has 0 bridgehead atoms. The van der Waals surface area contributed by atoms with Crippen LogP contribution in [0.15, 0.2) is 36.8 Å². The van der Waals surface area contributed by atoms with Crippen molar-refractivity contribution in [2.75, 3.05) is 0 Å². The highest BCUT2D eigenvalue weighted by atomic mass is 19.1. The third kappa shape index (κ3) is 2.23. The largest absolute Gasteiger partial charge is 0.268 e. The fourth-order valence-corrected chi connectivity index (χ4v) is 3.54. The Morgan fingerprint density at radius 3 is 2.92 bits per heavy atom. The van der Waals surface area contributed by atoms with E-state index in [9.17, 15) is 4.39 Å². The van der Waals surface area contributed by atoms with E-state index in [0.29, 0.717) is 5.69 Å². The molecule has 1 aliphatic heterocycles. The summed E-state index contributed by atoms with van der Waals surface area (Å²) in [5.74, 6) is -0.351. The average molecular weight is 334 g/mol. The van der Waals surface area contributed by atoms with Gasteiger partial charge in [-0.05, 0) is 43.0 Å². The van der Waals surface area contributed by atoms with E-state index < -0.39 is 0 Å². The first-order chi connectivity index (χ1) is 12.3. The highest BCUT2D eigenvalue weighted by Gasteiger charge is 2.24. The number of rotatable bonds is 2. The molecule has 124 valence electrons. The van der Waals surface area contributed by atoms with Crippen LogP contribution < -0.4 is 0 Å². The molecule has 7 heteroatoms. The Labute approximate surface area is 142 Å². The van der Waals surface area contributed by atoms with Gasteiger partial charge in [0.25, 0.3) is 0 Å². The molecule has 0 fully saturated rings. The van der Waals surface area contributed by atoms with Crippen molar-refractivity contribution in [3.8, 4) is 22.5 Å². The van der Waals surface area contributed by atoms with E-state index in [1.807, 2.05) is 6.07 Å². The van der Waals surface area contributed by atoms with E-state index >= 15 is 0 Å². The lowest BCUT2D eigenvalue weighted by molar-refractivity contribution is 0.487. The molecular weight excluding hydrogens is 319 g/mol. The first kappa shape index (κ1) is 14.3. The first-order valence-corrected chi connectivity index (χ1v) is 8.31. The minimum Gasteiger partial charge on any atom is -0.268 e. The summed E-state index contributed by atoms with van der Waals surface area (Å²) in [5, 5.41) is 12.8. The predicted octanol–water partition coefficient (Wildman–Crippen LogP) is 3.36. The normalized spacial score (nSPS) is 14.0. The van der Waals surface area contributed by atoms with Gasteiger partial charge in [-0.2, -0.15) is 10.2 Å². The maximum atomic E-state index is 13.3. The number of H-pyrrole nitrogens is 1. The van der Waals surface area contributed by atoms with Crippen molar-refractivity contribution in [1.29, 1.82) is 0 Å². The zero-order chi connectivity index (χ0) is 16.8. The molecule has 0 saturated carbocycles. The van der Waals surface area contributed by atoms with E-state index in [1.165, 1.54) is 18.0 Å². The molecule has 1 N–H and O–H groups in total. The summed E-state index contributed by atoms with van der Waals surface area (Å²) < 4.78 is 15.4. The molecule has 0 amide bonds. The zero-order valence-electron chi connectivity index (χ0n) is 13.4. The third-order valence-electron chi connectivity index (χ3n) is 4.68. The van der Waals surface area contributed by atoms with Crippen LogP contribution in [0.4, 0.5) is 4.39 Å². The molecule has 1 aliphatic rings. The topological polar surface area (TPSA) is 72.3 Å². The molecule has 0 aromatic carbocycles. The van der Waals surface area contributed by atoms with Gasteiger partial charge in [0.15, 0.2) is 5.65 Å². The van der Waals surface area contributed by atoms with E-state index in [1.54, 1.807) is 18.5 Å². The molecule has 0 radical (unpaired) electrons. The zero-order valence-corrected chi connectivity index (χ0v) is 13.4. The molecule has 0 spiro atoms. The van der Waals surface area contributed by atoms with Crippen molar-refractivity contribution in [2.45, 2.75) is 25.8 Å². The minimum absolute atomic E-state index is 0.351. The fourth-order valence-electron chi connectivity index (χ4n) is 3.54. The molecule has 4 aromatic rings. The number of aryl methyl sites for hydroxylation is 1. The molecule has 25 heavy (non-hydrogen) atoms. The van der Waals surface area contributed by atoms with Crippen molar-refractivity contribution in [3.05, 3.63) is 48.3 Å². The number of fused-ring (bicyclic) bond motifs is 2. The smallest absolute Gasteiger partial charge is 0.155 e. The number of pyridine rings is 2. The van der Waals surface area contributed by atoms with Crippen LogP contribution in [-0.4, -0.2) is 29.9 Å². The van der Waals surface area contributed by atoms with Crippen LogP contribution in [0.1, 0.15) is 18.5 Å². The van der Waals surface area contributed by atoms with E-state index in [4.69, 9.17) is 5.10 Å². The Kier molecular flexibility index (Phi) is 3.12. The molecule has 0 unspecified atom stereocenters. The molecule has 0 saturated heterocycles. The van der Waals surface area contributed by atoms with Crippen molar-refractivity contribution >= 4 is 11.0 Å². The summed E-state index contributed by atoms with van der Waals surface area (Å²) in [6.45, 7) is 0.892. The van der Waals surface area contributed by atoms with Gasteiger partial charge >= 0.3 is 0 Å². The summed E-state index contributed by atoms with van der Waals surface area (Å²) in [6, 6.07) is 5.09. The van der Waals surface area contributed by atoms with Crippen molar-refractivity contribution in [2.24, 2.45) is 0 Å². The van der Waals surface area contributed by atoms with Gasteiger partial charge in [0, 0.05) is 29.4 Å². The Bertz CT molecular complexity index is 1060. The molecule has 0 atom stereocenters. The van der Waals surface area contributed by atoms with E-state index in [0.717, 1.165) is 53.7 Å². The lowest BCUT2D eigenvalue weighted by atomic mass is 9.96. The minimum atomic E-state index is -0.351. The number of hydrogen-bond donors (Lipinski definition) is 1. The van der Waals surface area contributed by atoms with E-state index in [-0.39, 0.29) is 5.82 Å².